The Labute approximate surface area is 501 Å². The highest BCUT2D eigenvalue weighted by atomic mass is 16.6. The summed E-state index contributed by atoms with van der Waals surface area (Å²) in [5.41, 5.74) is 0. The molecule has 0 saturated carbocycles. The Bertz CT molecular complexity index is 1620. The molecule has 81 heavy (non-hydrogen) atoms. The van der Waals surface area contributed by atoms with Crippen molar-refractivity contribution in [3.8, 4) is 0 Å². The first-order chi connectivity index (χ1) is 40.0. The quantitative estimate of drug-likeness (QED) is 0.0261. The van der Waals surface area contributed by atoms with Crippen LogP contribution in [0.4, 0.5) is 0 Å². The molecule has 6 heteroatoms. The Kier molecular flexibility index (Phi) is 65.2. The molecule has 0 N–H and O–H groups in total. The largest absolute Gasteiger partial charge is 0.462 e. The van der Waals surface area contributed by atoms with Crippen LogP contribution in [0.5, 0.6) is 0 Å². The van der Waals surface area contributed by atoms with Crippen LogP contribution >= 0.6 is 0 Å². The average molecular weight is 1130 g/mol. The maximum Gasteiger partial charge on any atom is 0.306 e. The van der Waals surface area contributed by atoms with Crippen molar-refractivity contribution in [3.63, 3.8) is 0 Å². The van der Waals surface area contributed by atoms with Crippen LogP contribution in [0, 0.1) is 0 Å². The highest BCUT2D eigenvalue weighted by molar-refractivity contribution is 5.71. The molecule has 1 unspecified atom stereocenters. The van der Waals surface area contributed by atoms with Crippen LogP contribution in [0.25, 0.3) is 0 Å². The highest BCUT2D eigenvalue weighted by Crippen LogP contribution is 2.17. The number of unbranched alkanes of at least 4 members (excludes halogenated alkanes) is 33. The highest BCUT2D eigenvalue weighted by Gasteiger charge is 2.19. The van der Waals surface area contributed by atoms with E-state index in [2.05, 4.69) is 130 Å². The fourth-order valence-electron chi connectivity index (χ4n) is 9.63. The van der Waals surface area contributed by atoms with Crippen molar-refractivity contribution >= 4 is 17.9 Å². The first-order valence-electron chi connectivity index (χ1n) is 34.4. The van der Waals surface area contributed by atoms with Crippen molar-refractivity contribution in [2.75, 3.05) is 13.2 Å². The van der Waals surface area contributed by atoms with Crippen molar-refractivity contribution in [2.24, 2.45) is 0 Å². The zero-order valence-corrected chi connectivity index (χ0v) is 53.3. The molecule has 0 heterocycles. The van der Waals surface area contributed by atoms with Crippen LogP contribution in [-0.2, 0) is 28.6 Å². The predicted octanol–water partition coefficient (Wildman–Crippen LogP) is 23.8. The molecule has 464 valence electrons. The summed E-state index contributed by atoms with van der Waals surface area (Å²) in [4.78, 5) is 38.5. The summed E-state index contributed by atoms with van der Waals surface area (Å²) in [6.45, 7) is 6.51. The van der Waals surface area contributed by atoms with Gasteiger partial charge in [-0.1, -0.05) is 310 Å². The first kappa shape index (κ1) is 77.1. The maximum atomic E-state index is 13.0. The van der Waals surface area contributed by atoms with Gasteiger partial charge in [-0.15, -0.1) is 0 Å². The molecule has 0 aromatic rings. The fraction of sp³-hybridized carbons (Fsp3) is 0.720. The smallest absolute Gasteiger partial charge is 0.306 e. The van der Waals surface area contributed by atoms with Crippen LogP contribution in [0.15, 0.2) is 109 Å². The van der Waals surface area contributed by atoms with Crippen LogP contribution in [0.3, 0.4) is 0 Å². The molecule has 0 amide bonds. The Morgan fingerprint density at radius 2 is 0.481 bits per heavy atom. The molecular weight excluding hydrogens is 997 g/mol. The van der Waals surface area contributed by atoms with E-state index in [0.717, 1.165) is 116 Å². The van der Waals surface area contributed by atoms with Gasteiger partial charge in [0.05, 0.1) is 0 Å². The summed E-state index contributed by atoms with van der Waals surface area (Å²) in [5, 5.41) is 0. The summed E-state index contributed by atoms with van der Waals surface area (Å²) < 4.78 is 17.0. The van der Waals surface area contributed by atoms with Gasteiger partial charge < -0.3 is 14.2 Å². The predicted molar refractivity (Wildman–Crippen MR) is 353 cm³/mol. The average Bonchev–Trinajstić information content (AvgIpc) is 3.47. The summed E-state index contributed by atoms with van der Waals surface area (Å²) in [6, 6.07) is 0. The van der Waals surface area contributed by atoms with Crippen LogP contribution in [0.1, 0.15) is 329 Å². The molecule has 6 nitrogen and oxygen atoms in total. The lowest BCUT2D eigenvalue weighted by molar-refractivity contribution is -0.167. The lowest BCUT2D eigenvalue weighted by atomic mass is 10.0. The normalized spacial score (nSPS) is 12.8. The molecule has 0 spiro atoms. The molecule has 0 aromatic heterocycles. The molecule has 0 aromatic carbocycles. The summed E-state index contributed by atoms with van der Waals surface area (Å²) in [6.07, 6.45) is 93.8. The number of hydrogen-bond donors (Lipinski definition) is 0. The summed E-state index contributed by atoms with van der Waals surface area (Å²) in [5.74, 6) is -0.913. The van der Waals surface area contributed by atoms with E-state index in [4.69, 9.17) is 14.2 Å². The molecule has 0 bridgehead atoms. The minimum atomic E-state index is -0.797. The first-order valence-corrected chi connectivity index (χ1v) is 34.4. The summed E-state index contributed by atoms with van der Waals surface area (Å²) >= 11 is 0. The van der Waals surface area contributed by atoms with E-state index in [0.29, 0.717) is 19.3 Å². The van der Waals surface area contributed by atoms with Crippen LogP contribution in [-0.4, -0.2) is 37.2 Å². The lowest BCUT2D eigenvalue weighted by Crippen LogP contribution is -2.30. The molecule has 0 saturated heterocycles. The van der Waals surface area contributed by atoms with Gasteiger partial charge in [0.1, 0.15) is 13.2 Å². The number of carbonyl (C=O) groups excluding carboxylic acids is 3. The number of allylic oxidation sites excluding steroid dienone is 18. The van der Waals surface area contributed by atoms with E-state index in [9.17, 15) is 14.4 Å². The Morgan fingerprint density at radius 3 is 0.790 bits per heavy atom. The van der Waals surface area contributed by atoms with Crippen molar-refractivity contribution in [1.82, 2.24) is 0 Å². The zero-order chi connectivity index (χ0) is 58.5. The maximum absolute atomic E-state index is 13.0. The standard InChI is InChI=1S/C75H128O6/c1-4-7-10-13-16-19-22-25-28-31-34-35-36-37-38-39-42-44-47-50-53-56-59-62-65-68-74(77)80-71-72(81-75(78)69-66-63-60-57-54-51-48-45-41-33-30-27-24-21-18-15-12-9-6-3)70-79-73(76)67-64-61-58-55-52-49-46-43-40-32-29-26-23-20-17-14-11-8-5-2/h7,10,16,18-19,21,25,27-28,30,34-35,37-38,42,44,50,53,72H,4-6,8-9,11-15,17,20,22-24,26,29,31-33,36,39-41,43,45-49,51-52,54-71H2,1-3H3/b10-7-,19-16-,21-18-,28-25-,30-27-,35-34-,38-37-,44-42-,53-50-. The number of hydrogen-bond acceptors (Lipinski definition) is 6. The minimum Gasteiger partial charge on any atom is -0.462 e. The van der Waals surface area contributed by atoms with Gasteiger partial charge in [-0.3, -0.25) is 14.4 Å². The van der Waals surface area contributed by atoms with E-state index in [-0.39, 0.29) is 31.1 Å². The SMILES string of the molecule is CC/C=C\C/C=C\C/C=C\C/C=C\C/C=C\C/C=C\C/C=C\CCCCCC(=O)OCC(COC(=O)CCCCCCCCCCCCCCCCCCCCC)OC(=O)CCCCCCCCCCC/C=C\C/C=C\CCCCC. The second-order valence-corrected chi connectivity index (χ2v) is 22.7. The number of esters is 3. The third-order valence-electron chi connectivity index (χ3n) is 14.8. The molecule has 1 atom stereocenters. The van der Waals surface area contributed by atoms with Crippen molar-refractivity contribution in [2.45, 2.75) is 335 Å². The second-order valence-electron chi connectivity index (χ2n) is 22.7. The van der Waals surface area contributed by atoms with E-state index in [1.54, 1.807) is 0 Å². The van der Waals surface area contributed by atoms with E-state index in [1.165, 1.54) is 173 Å². The third-order valence-corrected chi connectivity index (χ3v) is 14.8. The van der Waals surface area contributed by atoms with Gasteiger partial charge in [-0.05, 0) is 109 Å². The molecule has 0 radical (unpaired) electrons. The summed E-state index contributed by atoms with van der Waals surface area (Å²) in [7, 11) is 0. The zero-order valence-electron chi connectivity index (χ0n) is 53.3. The topological polar surface area (TPSA) is 78.9 Å². The van der Waals surface area contributed by atoms with E-state index in [1.807, 2.05) is 0 Å². The fourth-order valence-corrected chi connectivity index (χ4v) is 9.63. The number of rotatable bonds is 62. The molecule has 0 aliphatic rings. The molecule has 0 fully saturated rings. The van der Waals surface area contributed by atoms with Crippen LogP contribution < -0.4 is 0 Å². The van der Waals surface area contributed by atoms with E-state index >= 15 is 0 Å². The van der Waals surface area contributed by atoms with Crippen molar-refractivity contribution in [1.29, 1.82) is 0 Å². The van der Waals surface area contributed by atoms with Gasteiger partial charge in [0.15, 0.2) is 6.10 Å². The van der Waals surface area contributed by atoms with Crippen molar-refractivity contribution < 1.29 is 28.6 Å². The van der Waals surface area contributed by atoms with Crippen molar-refractivity contribution in [3.05, 3.63) is 109 Å². The van der Waals surface area contributed by atoms with Gasteiger partial charge in [-0.25, -0.2) is 0 Å². The van der Waals surface area contributed by atoms with E-state index < -0.39 is 6.10 Å². The van der Waals surface area contributed by atoms with Gasteiger partial charge >= 0.3 is 17.9 Å². The molecule has 0 aliphatic carbocycles. The Hall–Kier alpha value is -3.93. The van der Waals surface area contributed by atoms with Gasteiger partial charge in [0, 0.05) is 19.3 Å². The minimum absolute atomic E-state index is 0.0886. The second kappa shape index (κ2) is 68.6. The number of ether oxygens (including phenoxy) is 3. The Morgan fingerprint density at radius 1 is 0.259 bits per heavy atom. The van der Waals surface area contributed by atoms with Gasteiger partial charge in [0.2, 0.25) is 0 Å². The molecule has 0 aliphatic heterocycles. The Balaban J connectivity index is 4.44. The van der Waals surface area contributed by atoms with Gasteiger partial charge in [0.25, 0.3) is 0 Å². The van der Waals surface area contributed by atoms with Crippen LogP contribution in [0.2, 0.25) is 0 Å². The third kappa shape index (κ3) is 66.8. The monoisotopic (exact) mass is 1120 g/mol. The number of carbonyl (C=O) groups is 3. The van der Waals surface area contributed by atoms with Gasteiger partial charge in [-0.2, -0.15) is 0 Å². The molecular formula is C75H128O6. The lowest BCUT2D eigenvalue weighted by Gasteiger charge is -2.18. The molecule has 0 rings (SSSR count).